The van der Waals surface area contributed by atoms with Gasteiger partial charge in [0, 0.05) is 24.4 Å². The topological polar surface area (TPSA) is 67.9 Å². The second kappa shape index (κ2) is 8.17. The molecule has 1 atom stereocenters. The summed E-state index contributed by atoms with van der Waals surface area (Å²) in [6.07, 6.45) is 0. The Morgan fingerprint density at radius 1 is 1.29 bits per heavy atom. The third-order valence-corrected chi connectivity index (χ3v) is 4.11. The maximum absolute atomic E-state index is 12.6. The van der Waals surface area contributed by atoms with E-state index < -0.39 is 12.0 Å². The lowest BCUT2D eigenvalue weighted by atomic mass is 9.95. The molecule has 1 aromatic carbocycles. The lowest BCUT2D eigenvalue weighted by Crippen LogP contribution is -2.47. The van der Waals surface area contributed by atoms with Crippen molar-refractivity contribution in [2.24, 2.45) is 0 Å². The number of hydrogen-bond acceptors (Lipinski definition) is 4. The highest BCUT2D eigenvalue weighted by molar-refractivity contribution is 6.30. The van der Waals surface area contributed by atoms with Crippen molar-refractivity contribution in [1.82, 2.24) is 10.2 Å². The van der Waals surface area contributed by atoms with E-state index in [-0.39, 0.29) is 12.6 Å². The molecule has 0 saturated carbocycles. The first kappa shape index (κ1) is 18.3. The molecule has 2 amide bonds. The first-order chi connectivity index (χ1) is 11.5. The van der Waals surface area contributed by atoms with Crippen LogP contribution in [0.25, 0.3) is 0 Å². The SMILES string of the molecule is CCN1C(=O)NC(c2ccc(Cl)cc2)C(C(=O)OCCOC)=C1C. The van der Waals surface area contributed by atoms with Crippen LogP contribution in [0, 0.1) is 0 Å². The largest absolute Gasteiger partial charge is 0.460 e. The Balaban J connectivity index is 2.39. The molecule has 1 heterocycles. The molecule has 1 unspecified atom stereocenters. The van der Waals surface area contributed by atoms with Crippen LogP contribution < -0.4 is 5.32 Å². The Morgan fingerprint density at radius 2 is 1.96 bits per heavy atom. The molecular formula is C17H21ClN2O4. The van der Waals surface area contributed by atoms with Gasteiger partial charge in [-0.1, -0.05) is 23.7 Å². The van der Waals surface area contributed by atoms with E-state index in [4.69, 9.17) is 21.1 Å². The molecule has 0 radical (unpaired) electrons. The van der Waals surface area contributed by atoms with Crippen molar-refractivity contribution in [3.05, 3.63) is 46.1 Å². The molecule has 0 spiro atoms. The van der Waals surface area contributed by atoms with Crippen LogP contribution >= 0.6 is 11.6 Å². The van der Waals surface area contributed by atoms with E-state index in [1.165, 1.54) is 12.0 Å². The highest BCUT2D eigenvalue weighted by Crippen LogP contribution is 2.31. The quantitative estimate of drug-likeness (QED) is 0.631. The Bertz CT molecular complexity index is 642. The third-order valence-electron chi connectivity index (χ3n) is 3.86. The van der Waals surface area contributed by atoms with Crippen molar-refractivity contribution in [3.63, 3.8) is 0 Å². The van der Waals surface area contributed by atoms with E-state index in [0.29, 0.717) is 29.4 Å². The molecule has 7 heteroatoms. The van der Waals surface area contributed by atoms with Gasteiger partial charge in [-0.2, -0.15) is 0 Å². The Morgan fingerprint density at radius 3 is 2.54 bits per heavy atom. The minimum absolute atomic E-state index is 0.152. The molecule has 1 aliphatic heterocycles. The van der Waals surface area contributed by atoms with Crippen molar-refractivity contribution in [2.45, 2.75) is 19.9 Å². The molecular weight excluding hydrogens is 332 g/mol. The molecule has 130 valence electrons. The van der Waals surface area contributed by atoms with Crippen LogP contribution in [0.5, 0.6) is 0 Å². The summed E-state index contributed by atoms with van der Waals surface area (Å²) in [4.78, 5) is 26.4. The van der Waals surface area contributed by atoms with Gasteiger partial charge in [0.1, 0.15) is 6.61 Å². The van der Waals surface area contributed by atoms with Crippen LogP contribution in [0.15, 0.2) is 35.5 Å². The van der Waals surface area contributed by atoms with Crippen LogP contribution in [0.1, 0.15) is 25.5 Å². The highest BCUT2D eigenvalue weighted by atomic mass is 35.5. The summed E-state index contributed by atoms with van der Waals surface area (Å²) >= 11 is 5.92. The predicted octanol–water partition coefficient (Wildman–Crippen LogP) is 2.89. The predicted molar refractivity (Wildman–Crippen MR) is 90.6 cm³/mol. The summed E-state index contributed by atoms with van der Waals surface area (Å²) in [7, 11) is 1.54. The van der Waals surface area contributed by atoms with Crippen LogP contribution in [0.2, 0.25) is 5.02 Å². The zero-order chi connectivity index (χ0) is 17.7. The van der Waals surface area contributed by atoms with Crippen molar-refractivity contribution in [2.75, 3.05) is 26.9 Å². The van der Waals surface area contributed by atoms with Crippen LogP contribution in [-0.4, -0.2) is 43.8 Å². The lowest BCUT2D eigenvalue weighted by molar-refractivity contribution is -0.140. The number of nitrogens with one attached hydrogen (secondary N) is 1. The van der Waals surface area contributed by atoms with E-state index in [1.807, 2.05) is 6.92 Å². The number of carbonyl (C=O) groups is 2. The van der Waals surface area contributed by atoms with E-state index in [9.17, 15) is 9.59 Å². The molecule has 1 aromatic rings. The molecule has 24 heavy (non-hydrogen) atoms. The van der Waals surface area contributed by atoms with E-state index in [0.717, 1.165) is 5.56 Å². The van der Waals surface area contributed by atoms with Gasteiger partial charge in [0.2, 0.25) is 0 Å². The first-order valence-electron chi connectivity index (χ1n) is 7.69. The van der Waals surface area contributed by atoms with Gasteiger partial charge in [0.05, 0.1) is 18.2 Å². The Kier molecular flexibility index (Phi) is 6.23. The number of urea groups is 1. The van der Waals surface area contributed by atoms with Gasteiger partial charge < -0.3 is 14.8 Å². The molecule has 1 N–H and O–H groups in total. The number of esters is 1. The average molecular weight is 353 g/mol. The number of amides is 2. The van der Waals surface area contributed by atoms with Crippen LogP contribution in [-0.2, 0) is 14.3 Å². The minimum Gasteiger partial charge on any atom is -0.460 e. The smallest absolute Gasteiger partial charge is 0.338 e. The average Bonchev–Trinajstić information content (AvgIpc) is 2.55. The number of benzene rings is 1. The second-order valence-electron chi connectivity index (χ2n) is 5.31. The number of ether oxygens (including phenoxy) is 2. The van der Waals surface area contributed by atoms with Gasteiger partial charge in [0.25, 0.3) is 0 Å². The van der Waals surface area contributed by atoms with Crippen LogP contribution in [0.3, 0.4) is 0 Å². The van der Waals surface area contributed by atoms with Gasteiger partial charge in [-0.25, -0.2) is 9.59 Å². The number of methoxy groups -OCH3 is 1. The number of nitrogens with zero attached hydrogens (tertiary/aromatic N) is 1. The van der Waals surface area contributed by atoms with E-state index in [2.05, 4.69) is 5.32 Å². The Labute approximate surface area is 146 Å². The van der Waals surface area contributed by atoms with Crippen molar-refractivity contribution < 1.29 is 19.1 Å². The number of rotatable bonds is 6. The number of halogens is 1. The van der Waals surface area contributed by atoms with Crippen molar-refractivity contribution in [1.29, 1.82) is 0 Å². The zero-order valence-corrected chi connectivity index (χ0v) is 14.7. The Hall–Kier alpha value is -2.05. The lowest BCUT2D eigenvalue weighted by Gasteiger charge is -2.34. The van der Waals surface area contributed by atoms with E-state index in [1.54, 1.807) is 31.2 Å². The molecule has 0 aliphatic carbocycles. The summed E-state index contributed by atoms with van der Waals surface area (Å²) in [5.74, 6) is -0.469. The second-order valence-corrected chi connectivity index (χ2v) is 5.74. The van der Waals surface area contributed by atoms with Gasteiger partial charge in [0.15, 0.2) is 0 Å². The summed E-state index contributed by atoms with van der Waals surface area (Å²) < 4.78 is 10.2. The highest BCUT2D eigenvalue weighted by Gasteiger charge is 2.35. The van der Waals surface area contributed by atoms with Gasteiger partial charge >= 0.3 is 12.0 Å². The van der Waals surface area contributed by atoms with E-state index >= 15 is 0 Å². The zero-order valence-electron chi connectivity index (χ0n) is 14.0. The fourth-order valence-electron chi connectivity index (χ4n) is 2.63. The summed E-state index contributed by atoms with van der Waals surface area (Å²) in [6.45, 7) is 4.52. The minimum atomic E-state index is -0.576. The number of allylic oxidation sites excluding steroid dienone is 1. The fraction of sp³-hybridized carbons (Fsp3) is 0.412. The first-order valence-corrected chi connectivity index (χ1v) is 8.07. The molecule has 0 aromatic heterocycles. The monoisotopic (exact) mass is 352 g/mol. The maximum Gasteiger partial charge on any atom is 0.338 e. The van der Waals surface area contributed by atoms with Gasteiger partial charge in [-0.15, -0.1) is 0 Å². The number of hydrogen-bond donors (Lipinski definition) is 1. The van der Waals surface area contributed by atoms with Crippen LogP contribution in [0.4, 0.5) is 4.79 Å². The maximum atomic E-state index is 12.6. The standard InChI is InChI=1S/C17H21ClN2O4/c1-4-20-11(2)14(16(21)24-10-9-23-3)15(19-17(20)22)12-5-7-13(18)8-6-12/h5-8,15H,4,9-10H2,1-3H3,(H,19,22). The summed E-state index contributed by atoms with van der Waals surface area (Å²) in [5, 5.41) is 3.44. The van der Waals surface area contributed by atoms with Gasteiger partial charge in [-0.3, -0.25) is 4.90 Å². The van der Waals surface area contributed by atoms with Crippen molar-refractivity contribution in [3.8, 4) is 0 Å². The molecule has 2 rings (SSSR count). The summed E-state index contributed by atoms with van der Waals surface area (Å²) in [6, 6.07) is 6.18. The molecule has 0 bridgehead atoms. The summed E-state index contributed by atoms with van der Waals surface area (Å²) in [5.41, 5.74) is 1.76. The molecule has 1 aliphatic rings. The fourth-order valence-corrected chi connectivity index (χ4v) is 2.75. The van der Waals surface area contributed by atoms with Crippen molar-refractivity contribution >= 4 is 23.6 Å². The normalized spacial score (nSPS) is 17.8. The third kappa shape index (κ3) is 3.88. The van der Waals surface area contributed by atoms with Gasteiger partial charge in [-0.05, 0) is 31.5 Å². The number of carbonyl (C=O) groups excluding carboxylic acids is 2. The molecule has 0 fully saturated rings. The molecule has 0 saturated heterocycles. The molecule has 6 nitrogen and oxygen atoms in total.